The van der Waals surface area contributed by atoms with E-state index in [9.17, 15) is 0 Å². The van der Waals surface area contributed by atoms with E-state index in [2.05, 4.69) is 104 Å². The molecule has 2 spiro atoms. The van der Waals surface area contributed by atoms with Crippen LogP contribution in [-0.2, 0) is 17.3 Å². The summed E-state index contributed by atoms with van der Waals surface area (Å²) in [5.74, 6) is 0. The van der Waals surface area contributed by atoms with Gasteiger partial charge in [-0.15, -0.1) is 0 Å². The van der Waals surface area contributed by atoms with Crippen LogP contribution in [0, 0.1) is 0 Å². The molecule has 5 aliphatic rings. The second-order valence-electron chi connectivity index (χ2n) is 20.2. The fourth-order valence-electron chi connectivity index (χ4n) is 16.9. The quantitative estimate of drug-likeness (QED) is 0.105. The van der Waals surface area contributed by atoms with Crippen LogP contribution in [0.4, 0.5) is 0 Å². The molecule has 1 aliphatic heterocycles. The fraction of sp³-hybridized carbons (Fsp3) is 0.241. The van der Waals surface area contributed by atoms with Gasteiger partial charge in [-0.25, -0.2) is 0 Å². The van der Waals surface area contributed by atoms with E-state index in [1.54, 1.807) is 108 Å². The van der Waals surface area contributed by atoms with Gasteiger partial charge in [0.25, 0.3) is 0 Å². The molecule has 0 amide bonds. The van der Waals surface area contributed by atoms with Crippen LogP contribution < -0.4 is 10.4 Å². The standard InChI is InChI=1S/C58H39N/c1-3-4-5-6-7-8-9-11-26-12-10-13-27(24-26)56-58-37-23-22-36-34-20-18-32-30-16-14-28-29-15-17-31-33-19-21-35(37)45-43(33)48-41(31)39(29)46-38(28)40(30)47-42(32)44(34)54(57(36,58)25-59(56)2)52-50(47)49(46)51(48)53(52)55(45)58/h10,12-24,56H,3-9,11,25H2,1-2H3. The Hall–Kier alpha value is -5.76. The van der Waals surface area contributed by atoms with E-state index in [1.807, 2.05) is 0 Å². The van der Waals surface area contributed by atoms with Crippen molar-refractivity contribution in [3.8, 4) is 0 Å². The first-order chi connectivity index (χ1) is 29.2. The zero-order valence-electron chi connectivity index (χ0n) is 33.5. The van der Waals surface area contributed by atoms with Crippen LogP contribution in [0.3, 0.4) is 0 Å². The molecule has 0 aromatic heterocycles. The summed E-state index contributed by atoms with van der Waals surface area (Å²) in [7, 11) is 2.49. The molecule has 18 rings (SSSR count). The van der Waals surface area contributed by atoms with Gasteiger partial charge in [-0.05, 0) is 182 Å². The summed E-state index contributed by atoms with van der Waals surface area (Å²) < 4.78 is 0. The molecule has 3 unspecified atom stereocenters. The van der Waals surface area contributed by atoms with Gasteiger partial charge >= 0.3 is 0 Å². The van der Waals surface area contributed by atoms with Gasteiger partial charge in [0.1, 0.15) is 0 Å². The normalized spacial score (nSPS) is 23.3. The van der Waals surface area contributed by atoms with Gasteiger partial charge in [0.15, 0.2) is 0 Å². The minimum absolute atomic E-state index is 0.174. The Kier molecular flexibility index (Phi) is 4.36. The van der Waals surface area contributed by atoms with Crippen LogP contribution in [-0.4, -0.2) is 18.5 Å². The molecule has 276 valence electrons. The molecular weight excluding hydrogens is 711 g/mol. The van der Waals surface area contributed by atoms with Gasteiger partial charge in [-0.2, -0.15) is 0 Å². The van der Waals surface area contributed by atoms with Crippen molar-refractivity contribution in [1.82, 2.24) is 4.90 Å². The van der Waals surface area contributed by atoms with Crippen LogP contribution in [0.5, 0.6) is 0 Å². The second kappa shape index (κ2) is 8.74. The maximum atomic E-state index is 2.84. The minimum Gasteiger partial charge on any atom is -0.297 e. The van der Waals surface area contributed by atoms with Crippen molar-refractivity contribution in [2.24, 2.45) is 0 Å². The first-order valence-corrected chi connectivity index (χ1v) is 22.9. The summed E-state index contributed by atoms with van der Waals surface area (Å²) in [6, 6.07) is 30.5. The Morgan fingerprint density at radius 2 is 0.983 bits per heavy atom. The molecule has 3 atom stereocenters. The molecule has 1 heteroatoms. The first kappa shape index (κ1) is 29.4. The molecule has 4 aliphatic carbocycles. The predicted octanol–water partition coefficient (Wildman–Crippen LogP) is 13.2. The van der Waals surface area contributed by atoms with E-state index in [0.717, 1.165) is 6.54 Å². The summed E-state index contributed by atoms with van der Waals surface area (Å²) in [6.07, 6.45) is 15.9. The number of rotatable bonds is 9. The van der Waals surface area contributed by atoms with E-state index in [1.165, 1.54) is 105 Å². The number of nitrogens with zero attached hydrogens (tertiary/aromatic N) is 1. The Balaban J connectivity index is 1.05. The molecular formula is C58H39N. The number of benzene rings is 9. The molecule has 1 nitrogen and oxygen atoms in total. The highest BCUT2D eigenvalue weighted by Crippen LogP contribution is 2.78. The average molecular weight is 750 g/mol. The second-order valence-corrected chi connectivity index (χ2v) is 20.2. The zero-order valence-corrected chi connectivity index (χ0v) is 33.5. The number of likely N-dealkylation sites (N-methyl/N-ethyl adjacent to an activating group) is 1. The van der Waals surface area contributed by atoms with Crippen molar-refractivity contribution >= 4 is 130 Å². The summed E-state index contributed by atoms with van der Waals surface area (Å²) in [5.41, 5.74) is 9.19. The lowest BCUT2D eigenvalue weighted by Gasteiger charge is -2.52. The molecule has 1 saturated heterocycles. The number of unbranched alkanes of at least 4 members (excludes halogenated alkanes) is 6. The Labute approximate surface area is 339 Å². The largest absolute Gasteiger partial charge is 0.297 e. The summed E-state index contributed by atoms with van der Waals surface area (Å²) >= 11 is 0. The smallest absolute Gasteiger partial charge is 0.0568 e. The molecule has 0 saturated carbocycles. The predicted molar refractivity (Wildman–Crippen MR) is 251 cm³/mol. The number of hydrogen-bond donors (Lipinski definition) is 0. The van der Waals surface area contributed by atoms with Gasteiger partial charge in [0.2, 0.25) is 0 Å². The van der Waals surface area contributed by atoms with E-state index in [0.29, 0.717) is 0 Å². The fourth-order valence-corrected chi connectivity index (χ4v) is 16.9. The maximum Gasteiger partial charge on any atom is 0.0568 e. The number of hydrogen-bond acceptors (Lipinski definition) is 1. The third kappa shape index (κ3) is 2.49. The van der Waals surface area contributed by atoms with Gasteiger partial charge in [-0.1, -0.05) is 130 Å². The van der Waals surface area contributed by atoms with Crippen LogP contribution >= 0.6 is 0 Å². The zero-order chi connectivity index (χ0) is 37.7. The molecule has 59 heavy (non-hydrogen) atoms. The van der Waals surface area contributed by atoms with Gasteiger partial charge in [-0.3, -0.25) is 4.90 Å². The third-order valence-electron chi connectivity index (χ3n) is 18.2. The molecule has 0 bridgehead atoms. The lowest BCUT2D eigenvalue weighted by Crippen LogP contribution is -2.52. The number of fused-ring (bicyclic) bond motifs is 3. The van der Waals surface area contributed by atoms with Gasteiger partial charge < -0.3 is 0 Å². The Bertz CT molecular complexity index is 4240. The van der Waals surface area contributed by atoms with Gasteiger partial charge in [0.05, 0.1) is 10.8 Å². The highest BCUT2D eigenvalue weighted by molar-refractivity contribution is 6.64. The van der Waals surface area contributed by atoms with Crippen molar-refractivity contribution < 1.29 is 0 Å². The monoisotopic (exact) mass is 749 g/mol. The van der Waals surface area contributed by atoms with E-state index < -0.39 is 0 Å². The number of likely N-dealkylation sites (tertiary alicyclic amines) is 1. The van der Waals surface area contributed by atoms with Crippen molar-refractivity contribution in [3.05, 3.63) is 118 Å². The first-order valence-electron chi connectivity index (χ1n) is 22.9. The topological polar surface area (TPSA) is 3.24 Å². The third-order valence-corrected chi connectivity index (χ3v) is 18.2. The summed E-state index contributed by atoms with van der Waals surface area (Å²) in [4.78, 5) is 2.84. The molecule has 13 aromatic carbocycles. The van der Waals surface area contributed by atoms with Crippen molar-refractivity contribution in [3.63, 3.8) is 0 Å². The Morgan fingerprint density at radius 3 is 1.63 bits per heavy atom. The number of aryl methyl sites for hydroxylation is 1. The van der Waals surface area contributed by atoms with Crippen LogP contribution in [0.2, 0.25) is 0 Å². The van der Waals surface area contributed by atoms with E-state index in [-0.39, 0.29) is 16.9 Å². The average Bonchev–Trinajstić information content (AvgIpc) is 4.10. The van der Waals surface area contributed by atoms with Crippen LogP contribution in [0.15, 0.2) is 84.9 Å². The van der Waals surface area contributed by atoms with E-state index in [4.69, 9.17) is 0 Å². The van der Waals surface area contributed by atoms with Gasteiger partial charge in [0, 0.05) is 12.6 Å². The molecule has 1 heterocycles. The summed E-state index contributed by atoms with van der Waals surface area (Å²) in [5, 5.41) is 37.1. The van der Waals surface area contributed by atoms with Crippen LogP contribution in [0.25, 0.3) is 130 Å². The van der Waals surface area contributed by atoms with Crippen LogP contribution in [0.1, 0.15) is 80.2 Å². The SMILES string of the molecule is CCCCCCCCCc1cccc(C2N(C)CC34C5=c6ccc7c8ccc9c%10ccc%11c%12ccc%13c%14c(c%15c%16c3c6c7c3c8c9c6c%10c%11c(c%14%12)c%15c6c%163)C24C=%13C=C5)c1. The molecule has 13 aromatic rings. The maximum absolute atomic E-state index is 2.84. The lowest BCUT2D eigenvalue weighted by atomic mass is 9.47. The lowest BCUT2D eigenvalue weighted by molar-refractivity contribution is 0.280. The Morgan fingerprint density at radius 1 is 0.492 bits per heavy atom. The van der Waals surface area contributed by atoms with Crippen molar-refractivity contribution in [2.75, 3.05) is 13.6 Å². The summed E-state index contributed by atoms with van der Waals surface area (Å²) in [6.45, 7) is 3.35. The van der Waals surface area contributed by atoms with Crippen molar-refractivity contribution in [2.45, 2.75) is 75.2 Å². The highest BCUT2D eigenvalue weighted by atomic mass is 15.2. The van der Waals surface area contributed by atoms with Crippen molar-refractivity contribution in [1.29, 1.82) is 0 Å². The molecule has 0 radical (unpaired) electrons. The van der Waals surface area contributed by atoms with E-state index >= 15 is 0 Å². The highest BCUT2D eigenvalue weighted by Gasteiger charge is 2.73. The molecule has 1 fully saturated rings. The number of allylic oxidation sites excluding steroid dienone is 2. The minimum atomic E-state index is -0.231. The molecule has 0 N–H and O–H groups in total.